The minimum absolute atomic E-state index is 0.00370. The molecule has 1 fully saturated rings. The van der Waals surface area contributed by atoms with Crippen LogP contribution in [0.2, 0.25) is 0 Å². The van der Waals surface area contributed by atoms with Gasteiger partial charge in [-0.3, -0.25) is 0 Å². The lowest BCUT2D eigenvalue weighted by Gasteiger charge is -2.11. The van der Waals surface area contributed by atoms with Crippen LogP contribution in [-0.2, 0) is 9.84 Å². The zero-order chi connectivity index (χ0) is 13.2. The van der Waals surface area contributed by atoms with E-state index in [0.29, 0.717) is 18.7 Å². The maximum Gasteiger partial charge on any atom is 0.150 e. The van der Waals surface area contributed by atoms with Crippen LogP contribution in [0.3, 0.4) is 0 Å². The summed E-state index contributed by atoms with van der Waals surface area (Å²) in [6, 6.07) is 6.02. The fraction of sp³-hybridized carbons (Fsp3) is 0.417. The number of hydrogen-bond acceptors (Lipinski definition) is 4. The van der Waals surface area contributed by atoms with Crippen molar-refractivity contribution >= 4 is 15.5 Å². The van der Waals surface area contributed by atoms with Crippen LogP contribution in [0.5, 0.6) is 0 Å². The first-order valence-corrected chi connectivity index (χ1v) is 7.46. The van der Waals surface area contributed by atoms with Crippen LogP contribution in [0.4, 0.5) is 10.1 Å². The number of halogens is 1. The second-order valence-corrected chi connectivity index (χ2v) is 6.69. The fourth-order valence-corrected chi connectivity index (χ4v) is 3.87. The second-order valence-electron chi connectivity index (χ2n) is 4.46. The summed E-state index contributed by atoms with van der Waals surface area (Å²) in [6.45, 7) is 0.505. The second kappa shape index (κ2) is 4.94. The molecule has 1 aliphatic rings. The van der Waals surface area contributed by atoms with Gasteiger partial charge in [-0.1, -0.05) is 0 Å². The van der Waals surface area contributed by atoms with E-state index in [0.717, 1.165) is 0 Å². The van der Waals surface area contributed by atoms with Crippen molar-refractivity contribution in [2.45, 2.75) is 6.42 Å². The van der Waals surface area contributed by atoms with Gasteiger partial charge < -0.3 is 5.32 Å². The van der Waals surface area contributed by atoms with E-state index in [-0.39, 0.29) is 23.0 Å². The molecule has 1 saturated heterocycles. The molecular formula is C12H13FN2O2S. The smallest absolute Gasteiger partial charge is 0.150 e. The number of benzene rings is 1. The summed E-state index contributed by atoms with van der Waals surface area (Å²) in [7, 11) is -2.88. The largest absolute Gasteiger partial charge is 0.385 e. The van der Waals surface area contributed by atoms with Crippen molar-refractivity contribution in [1.29, 1.82) is 5.26 Å². The average molecular weight is 268 g/mol. The molecule has 1 unspecified atom stereocenters. The van der Waals surface area contributed by atoms with Crippen molar-refractivity contribution in [3.8, 4) is 6.07 Å². The number of hydrogen-bond donors (Lipinski definition) is 1. The van der Waals surface area contributed by atoms with E-state index >= 15 is 0 Å². The first-order chi connectivity index (χ1) is 8.50. The minimum Gasteiger partial charge on any atom is -0.385 e. The van der Waals surface area contributed by atoms with Crippen LogP contribution in [0, 0.1) is 23.1 Å². The third-order valence-corrected chi connectivity index (χ3v) is 4.85. The van der Waals surface area contributed by atoms with E-state index in [4.69, 9.17) is 5.26 Å². The van der Waals surface area contributed by atoms with Crippen molar-refractivity contribution in [2.24, 2.45) is 5.92 Å². The van der Waals surface area contributed by atoms with Crippen molar-refractivity contribution in [3.63, 3.8) is 0 Å². The van der Waals surface area contributed by atoms with E-state index < -0.39 is 15.7 Å². The molecule has 0 aromatic heterocycles. The Labute approximate surface area is 105 Å². The molecule has 0 radical (unpaired) electrons. The maximum atomic E-state index is 13.3. The molecule has 1 heterocycles. The Morgan fingerprint density at radius 2 is 2.28 bits per heavy atom. The van der Waals surface area contributed by atoms with Gasteiger partial charge in [0.15, 0.2) is 9.84 Å². The van der Waals surface area contributed by atoms with E-state index in [1.165, 1.54) is 12.1 Å². The Morgan fingerprint density at radius 1 is 1.50 bits per heavy atom. The first-order valence-electron chi connectivity index (χ1n) is 5.64. The molecule has 0 aliphatic carbocycles. The van der Waals surface area contributed by atoms with E-state index in [9.17, 15) is 12.8 Å². The molecule has 1 aromatic rings. The maximum absolute atomic E-state index is 13.3. The molecule has 0 saturated carbocycles. The summed E-state index contributed by atoms with van der Waals surface area (Å²) in [5, 5.41) is 11.6. The van der Waals surface area contributed by atoms with Gasteiger partial charge in [0.1, 0.15) is 11.9 Å². The molecule has 0 spiro atoms. The molecule has 1 atom stereocenters. The van der Waals surface area contributed by atoms with Crippen molar-refractivity contribution in [1.82, 2.24) is 0 Å². The minimum atomic E-state index is -2.88. The number of nitrogens with one attached hydrogen (secondary N) is 1. The van der Waals surface area contributed by atoms with E-state index in [2.05, 4.69) is 5.32 Å². The van der Waals surface area contributed by atoms with Gasteiger partial charge >= 0.3 is 0 Å². The monoisotopic (exact) mass is 268 g/mol. The Morgan fingerprint density at radius 3 is 2.83 bits per heavy atom. The SMILES string of the molecule is N#Cc1ccc(NCC2CCS(=O)(=O)C2)cc1F. The van der Waals surface area contributed by atoms with Gasteiger partial charge in [-0.05, 0) is 30.5 Å². The highest BCUT2D eigenvalue weighted by Gasteiger charge is 2.27. The molecule has 1 aromatic carbocycles. The highest BCUT2D eigenvalue weighted by atomic mass is 32.2. The van der Waals surface area contributed by atoms with Gasteiger partial charge in [0, 0.05) is 12.2 Å². The molecule has 4 nitrogen and oxygen atoms in total. The quantitative estimate of drug-likeness (QED) is 0.902. The normalized spacial score (nSPS) is 21.4. The van der Waals surface area contributed by atoms with Gasteiger partial charge in [0.05, 0.1) is 17.1 Å². The predicted octanol–water partition coefficient (Wildman–Crippen LogP) is 1.54. The standard InChI is InChI=1S/C12H13FN2O2S/c13-12-5-11(2-1-10(12)6-14)15-7-9-3-4-18(16,17)8-9/h1-2,5,9,15H,3-4,7-8H2. The lowest BCUT2D eigenvalue weighted by molar-refractivity contribution is 0.595. The predicted molar refractivity (Wildman–Crippen MR) is 66.4 cm³/mol. The van der Waals surface area contributed by atoms with Crippen LogP contribution < -0.4 is 5.32 Å². The molecule has 0 bridgehead atoms. The molecular weight excluding hydrogens is 255 g/mol. The first kappa shape index (κ1) is 12.8. The molecule has 96 valence electrons. The summed E-state index contributed by atoms with van der Waals surface area (Å²) in [4.78, 5) is 0. The number of nitrogens with zero attached hydrogens (tertiary/aromatic N) is 1. The Kier molecular flexibility index (Phi) is 3.53. The van der Waals surface area contributed by atoms with Crippen LogP contribution in [0.15, 0.2) is 18.2 Å². The molecule has 1 aliphatic heterocycles. The van der Waals surface area contributed by atoms with Crippen LogP contribution in [0.25, 0.3) is 0 Å². The van der Waals surface area contributed by atoms with Crippen molar-refractivity contribution in [3.05, 3.63) is 29.6 Å². The van der Waals surface area contributed by atoms with Crippen molar-refractivity contribution < 1.29 is 12.8 Å². The Bertz CT molecular complexity index is 593. The topological polar surface area (TPSA) is 70.0 Å². The average Bonchev–Trinajstić information content (AvgIpc) is 2.66. The number of rotatable bonds is 3. The third-order valence-electron chi connectivity index (χ3n) is 3.01. The summed E-state index contributed by atoms with van der Waals surface area (Å²) >= 11 is 0. The lowest BCUT2D eigenvalue weighted by Crippen LogP contribution is -2.15. The zero-order valence-corrected chi connectivity index (χ0v) is 10.5. The number of nitriles is 1. The lowest BCUT2D eigenvalue weighted by atomic mass is 10.1. The number of sulfone groups is 1. The van der Waals surface area contributed by atoms with Gasteiger partial charge in [-0.2, -0.15) is 5.26 Å². The van der Waals surface area contributed by atoms with Crippen LogP contribution in [0.1, 0.15) is 12.0 Å². The summed E-state index contributed by atoms with van der Waals surface area (Å²) < 4.78 is 35.8. The van der Waals surface area contributed by atoms with Crippen molar-refractivity contribution in [2.75, 3.05) is 23.4 Å². The van der Waals surface area contributed by atoms with Gasteiger partial charge in [-0.25, -0.2) is 12.8 Å². The summed E-state index contributed by atoms with van der Waals surface area (Å²) in [5.41, 5.74) is 0.569. The summed E-state index contributed by atoms with van der Waals surface area (Å²) in [5.74, 6) is -0.0601. The molecule has 0 amide bonds. The highest BCUT2D eigenvalue weighted by molar-refractivity contribution is 7.91. The molecule has 18 heavy (non-hydrogen) atoms. The Balaban J connectivity index is 1.95. The highest BCUT2D eigenvalue weighted by Crippen LogP contribution is 2.20. The van der Waals surface area contributed by atoms with Gasteiger partial charge in [-0.15, -0.1) is 0 Å². The van der Waals surface area contributed by atoms with E-state index in [1.807, 2.05) is 0 Å². The molecule has 6 heteroatoms. The Hall–Kier alpha value is -1.61. The zero-order valence-electron chi connectivity index (χ0n) is 9.69. The summed E-state index contributed by atoms with van der Waals surface area (Å²) in [6.07, 6.45) is 0.647. The van der Waals surface area contributed by atoms with E-state index in [1.54, 1.807) is 12.1 Å². The fourth-order valence-electron chi connectivity index (χ4n) is 2.01. The van der Waals surface area contributed by atoms with Crippen LogP contribution >= 0.6 is 0 Å². The third kappa shape index (κ3) is 2.99. The number of anilines is 1. The van der Waals surface area contributed by atoms with Gasteiger partial charge in [0.2, 0.25) is 0 Å². The molecule has 2 rings (SSSR count). The molecule has 1 N–H and O–H groups in total. The van der Waals surface area contributed by atoms with Gasteiger partial charge in [0.25, 0.3) is 0 Å². The van der Waals surface area contributed by atoms with Crippen LogP contribution in [-0.4, -0.2) is 26.5 Å².